The molecular weight excluding hydrogens is 248 g/mol. The Bertz CT molecular complexity index is 526. The highest BCUT2D eigenvalue weighted by Crippen LogP contribution is 2.28. The van der Waals surface area contributed by atoms with Gasteiger partial charge in [-0.25, -0.2) is 0 Å². The maximum absolute atomic E-state index is 5.99. The summed E-state index contributed by atoms with van der Waals surface area (Å²) in [5.41, 5.74) is 2.02. The van der Waals surface area contributed by atoms with Crippen molar-refractivity contribution in [2.75, 3.05) is 7.05 Å². The number of aryl methyl sites for hydroxylation is 1. The molecule has 0 aliphatic heterocycles. The Morgan fingerprint density at radius 1 is 1.28 bits per heavy atom. The number of halogens is 1. The van der Waals surface area contributed by atoms with E-state index in [1.165, 1.54) is 0 Å². The quantitative estimate of drug-likeness (QED) is 0.915. The number of aromatic nitrogens is 1. The Hall–Kier alpha value is -1.58. The van der Waals surface area contributed by atoms with Crippen molar-refractivity contribution in [3.8, 4) is 11.5 Å². The molecule has 0 bridgehead atoms. The average molecular weight is 263 g/mol. The van der Waals surface area contributed by atoms with Crippen molar-refractivity contribution in [1.29, 1.82) is 0 Å². The smallest absolute Gasteiger partial charge is 0.145 e. The van der Waals surface area contributed by atoms with Crippen molar-refractivity contribution in [3.05, 3.63) is 52.8 Å². The van der Waals surface area contributed by atoms with Gasteiger partial charge >= 0.3 is 0 Å². The van der Waals surface area contributed by atoms with Gasteiger partial charge in [0.2, 0.25) is 0 Å². The summed E-state index contributed by atoms with van der Waals surface area (Å²) in [6.07, 6.45) is 1.71. The van der Waals surface area contributed by atoms with Crippen molar-refractivity contribution >= 4 is 11.6 Å². The van der Waals surface area contributed by atoms with Crippen LogP contribution in [0.4, 0.5) is 0 Å². The normalized spacial score (nSPS) is 10.4. The highest BCUT2D eigenvalue weighted by atomic mass is 35.5. The van der Waals surface area contributed by atoms with Crippen molar-refractivity contribution in [2.24, 2.45) is 0 Å². The average Bonchev–Trinajstić information content (AvgIpc) is 2.36. The first-order valence-electron chi connectivity index (χ1n) is 5.72. The topological polar surface area (TPSA) is 34.1 Å². The number of hydrogen-bond acceptors (Lipinski definition) is 3. The molecule has 0 saturated heterocycles. The molecule has 1 N–H and O–H groups in total. The molecule has 0 unspecified atom stereocenters. The van der Waals surface area contributed by atoms with Gasteiger partial charge in [-0.3, -0.25) is 4.98 Å². The van der Waals surface area contributed by atoms with Gasteiger partial charge in [0.15, 0.2) is 0 Å². The highest BCUT2D eigenvalue weighted by molar-refractivity contribution is 6.30. The van der Waals surface area contributed by atoms with Gasteiger partial charge in [0.1, 0.15) is 11.5 Å². The van der Waals surface area contributed by atoms with E-state index in [-0.39, 0.29) is 0 Å². The second-order valence-corrected chi connectivity index (χ2v) is 4.46. The van der Waals surface area contributed by atoms with E-state index in [0.29, 0.717) is 10.8 Å². The van der Waals surface area contributed by atoms with Crippen LogP contribution in [0, 0.1) is 6.92 Å². The van der Waals surface area contributed by atoms with E-state index < -0.39 is 0 Å². The van der Waals surface area contributed by atoms with E-state index in [4.69, 9.17) is 16.3 Å². The van der Waals surface area contributed by atoms with Gasteiger partial charge < -0.3 is 10.1 Å². The van der Waals surface area contributed by atoms with Gasteiger partial charge in [0, 0.05) is 22.8 Å². The second-order valence-electron chi connectivity index (χ2n) is 4.02. The molecule has 0 aliphatic rings. The zero-order valence-corrected chi connectivity index (χ0v) is 11.2. The summed E-state index contributed by atoms with van der Waals surface area (Å²) in [7, 11) is 1.89. The lowest BCUT2D eigenvalue weighted by Crippen LogP contribution is -2.06. The Morgan fingerprint density at radius 3 is 2.78 bits per heavy atom. The summed E-state index contributed by atoms with van der Waals surface area (Å²) in [5, 5.41) is 3.76. The molecule has 0 atom stereocenters. The van der Waals surface area contributed by atoms with Crippen LogP contribution in [0.5, 0.6) is 11.5 Å². The Balaban J connectivity index is 2.26. The van der Waals surface area contributed by atoms with Crippen LogP contribution in [-0.2, 0) is 6.54 Å². The first-order valence-corrected chi connectivity index (χ1v) is 6.10. The molecule has 1 aromatic carbocycles. The third-order valence-electron chi connectivity index (χ3n) is 2.51. The summed E-state index contributed by atoms with van der Waals surface area (Å²) in [6, 6.07) is 9.43. The Labute approximate surface area is 112 Å². The van der Waals surface area contributed by atoms with Gasteiger partial charge in [-0.05, 0) is 38.2 Å². The molecule has 18 heavy (non-hydrogen) atoms. The van der Waals surface area contributed by atoms with Gasteiger partial charge in [-0.2, -0.15) is 0 Å². The molecule has 0 amide bonds. The number of nitrogens with one attached hydrogen (secondary N) is 1. The molecule has 0 radical (unpaired) electrons. The molecule has 94 valence electrons. The number of nitrogens with zero attached hydrogens (tertiary/aromatic N) is 1. The van der Waals surface area contributed by atoms with Gasteiger partial charge in [0.25, 0.3) is 0 Å². The third kappa shape index (κ3) is 3.22. The number of ether oxygens (including phenoxy) is 1. The molecule has 0 aliphatic carbocycles. The van der Waals surface area contributed by atoms with E-state index in [2.05, 4.69) is 10.3 Å². The first-order chi connectivity index (χ1) is 8.69. The molecule has 1 heterocycles. The molecule has 0 spiro atoms. The zero-order chi connectivity index (χ0) is 13.0. The van der Waals surface area contributed by atoms with Crippen LogP contribution in [0.2, 0.25) is 5.02 Å². The van der Waals surface area contributed by atoms with Crippen LogP contribution in [0.1, 0.15) is 11.3 Å². The summed E-state index contributed by atoms with van der Waals surface area (Å²) in [5.74, 6) is 1.46. The third-order valence-corrected chi connectivity index (χ3v) is 2.74. The van der Waals surface area contributed by atoms with E-state index in [9.17, 15) is 0 Å². The maximum Gasteiger partial charge on any atom is 0.145 e. The predicted molar refractivity (Wildman–Crippen MR) is 73.3 cm³/mol. The molecule has 3 nitrogen and oxygen atoms in total. The van der Waals surface area contributed by atoms with Crippen molar-refractivity contribution in [1.82, 2.24) is 10.3 Å². The fraction of sp³-hybridized carbons (Fsp3) is 0.214. The van der Waals surface area contributed by atoms with Crippen LogP contribution >= 0.6 is 11.6 Å². The molecule has 0 fully saturated rings. The Morgan fingerprint density at radius 2 is 2.11 bits per heavy atom. The molecular formula is C14H15ClN2O. The monoisotopic (exact) mass is 262 g/mol. The van der Waals surface area contributed by atoms with Crippen molar-refractivity contribution in [2.45, 2.75) is 13.5 Å². The fourth-order valence-corrected chi connectivity index (χ4v) is 1.76. The number of benzene rings is 1. The Kier molecular flexibility index (Phi) is 4.18. The van der Waals surface area contributed by atoms with Crippen LogP contribution in [0.15, 0.2) is 36.5 Å². The van der Waals surface area contributed by atoms with E-state index in [1.54, 1.807) is 6.20 Å². The second kappa shape index (κ2) is 5.85. The molecule has 4 heteroatoms. The SMILES string of the molecule is CNCc1ccc(Cl)cc1Oc1ccc(C)nc1. The lowest BCUT2D eigenvalue weighted by Gasteiger charge is -2.11. The maximum atomic E-state index is 5.99. The standard InChI is InChI=1S/C14H15ClN2O/c1-10-3-6-13(9-17-10)18-14-7-12(15)5-4-11(14)8-16-2/h3-7,9,16H,8H2,1-2H3. The summed E-state index contributed by atoms with van der Waals surface area (Å²) in [6.45, 7) is 2.67. The number of pyridine rings is 1. The van der Waals surface area contributed by atoms with Crippen LogP contribution in [-0.4, -0.2) is 12.0 Å². The van der Waals surface area contributed by atoms with Crippen molar-refractivity contribution in [3.63, 3.8) is 0 Å². The zero-order valence-electron chi connectivity index (χ0n) is 10.4. The fourth-order valence-electron chi connectivity index (χ4n) is 1.60. The van der Waals surface area contributed by atoms with Crippen molar-refractivity contribution < 1.29 is 4.74 Å². The minimum absolute atomic E-state index is 0.657. The summed E-state index contributed by atoms with van der Waals surface area (Å²) in [4.78, 5) is 4.20. The molecule has 1 aromatic heterocycles. The largest absolute Gasteiger partial charge is 0.455 e. The number of hydrogen-bond donors (Lipinski definition) is 1. The minimum atomic E-state index is 0.657. The lowest BCUT2D eigenvalue weighted by atomic mass is 10.2. The minimum Gasteiger partial charge on any atom is -0.455 e. The molecule has 2 aromatic rings. The van der Waals surface area contributed by atoms with Gasteiger partial charge in [-0.15, -0.1) is 0 Å². The first kappa shape index (κ1) is 12.9. The van der Waals surface area contributed by atoms with Crippen LogP contribution in [0.25, 0.3) is 0 Å². The van der Waals surface area contributed by atoms with Crippen LogP contribution < -0.4 is 10.1 Å². The van der Waals surface area contributed by atoms with E-state index in [0.717, 1.165) is 23.6 Å². The predicted octanol–water partition coefficient (Wildman–Crippen LogP) is 3.56. The molecule has 0 saturated carbocycles. The molecule has 2 rings (SSSR count). The summed E-state index contributed by atoms with van der Waals surface area (Å²) >= 11 is 5.99. The summed E-state index contributed by atoms with van der Waals surface area (Å²) < 4.78 is 5.81. The highest BCUT2D eigenvalue weighted by Gasteiger charge is 2.05. The number of rotatable bonds is 4. The van der Waals surface area contributed by atoms with E-state index in [1.807, 2.05) is 44.3 Å². The van der Waals surface area contributed by atoms with Gasteiger partial charge in [0.05, 0.1) is 6.20 Å². The lowest BCUT2D eigenvalue weighted by molar-refractivity contribution is 0.472. The van der Waals surface area contributed by atoms with E-state index >= 15 is 0 Å². The van der Waals surface area contributed by atoms with Crippen LogP contribution in [0.3, 0.4) is 0 Å². The van der Waals surface area contributed by atoms with Gasteiger partial charge in [-0.1, -0.05) is 17.7 Å².